The molecule has 1 aromatic carbocycles. The van der Waals surface area contributed by atoms with Gasteiger partial charge < -0.3 is 14.6 Å². The summed E-state index contributed by atoms with van der Waals surface area (Å²) in [5.41, 5.74) is 0.268. The Morgan fingerprint density at radius 2 is 2.08 bits per heavy atom. The van der Waals surface area contributed by atoms with Gasteiger partial charge in [-0.1, -0.05) is 6.07 Å². The van der Waals surface area contributed by atoms with Gasteiger partial charge in [0.2, 0.25) is 11.8 Å². The summed E-state index contributed by atoms with van der Waals surface area (Å²) in [6, 6.07) is 6.81. The van der Waals surface area contributed by atoms with Gasteiger partial charge in [0.15, 0.2) is 0 Å². The van der Waals surface area contributed by atoms with Crippen LogP contribution in [0.25, 0.3) is 0 Å². The van der Waals surface area contributed by atoms with Crippen molar-refractivity contribution in [1.29, 1.82) is 0 Å². The predicted octanol–water partition coefficient (Wildman–Crippen LogP) is 1.52. The molecule has 138 valence electrons. The van der Waals surface area contributed by atoms with Gasteiger partial charge in [-0.3, -0.25) is 14.5 Å². The molecule has 2 amide bonds. The van der Waals surface area contributed by atoms with Crippen molar-refractivity contribution in [3.8, 4) is 0 Å². The van der Waals surface area contributed by atoms with Gasteiger partial charge in [0.1, 0.15) is 17.4 Å². The lowest BCUT2D eigenvalue weighted by Crippen LogP contribution is -2.52. The third-order valence-corrected chi connectivity index (χ3v) is 4.18. The minimum atomic E-state index is -0.669. The average Bonchev–Trinajstić information content (AvgIpc) is 3.11. The summed E-state index contributed by atoms with van der Waals surface area (Å²) in [6.07, 6.45) is 1.53. The maximum absolute atomic E-state index is 13.7. The second-order valence-electron chi connectivity index (χ2n) is 6.12. The van der Waals surface area contributed by atoms with Crippen LogP contribution in [0.3, 0.4) is 0 Å². The van der Waals surface area contributed by atoms with E-state index in [1.807, 2.05) is 0 Å². The van der Waals surface area contributed by atoms with E-state index in [9.17, 15) is 18.4 Å². The number of rotatable bonds is 6. The number of piperazine rings is 1. The number of amides is 2. The third-order valence-electron chi connectivity index (χ3n) is 4.18. The van der Waals surface area contributed by atoms with Crippen molar-refractivity contribution in [3.63, 3.8) is 0 Å². The molecule has 2 aromatic rings. The van der Waals surface area contributed by atoms with E-state index >= 15 is 0 Å². The summed E-state index contributed by atoms with van der Waals surface area (Å²) in [5.74, 6) is -1.06. The van der Waals surface area contributed by atoms with Gasteiger partial charge in [-0.05, 0) is 18.2 Å². The number of halogens is 2. The third kappa shape index (κ3) is 4.66. The molecule has 0 aliphatic carbocycles. The summed E-state index contributed by atoms with van der Waals surface area (Å²) in [5, 5.41) is 2.73. The fourth-order valence-corrected chi connectivity index (χ4v) is 2.77. The lowest BCUT2D eigenvalue weighted by Gasteiger charge is -2.34. The van der Waals surface area contributed by atoms with E-state index in [0.29, 0.717) is 25.4 Å². The summed E-state index contributed by atoms with van der Waals surface area (Å²) >= 11 is 0. The van der Waals surface area contributed by atoms with E-state index in [4.69, 9.17) is 4.42 Å². The molecule has 1 N–H and O–H groups in total. The average molecular weight is 363 g/mol. The molecular formula is C18H19F2N3O3. The molecule has 0 radical (unpaired) electrons. The molecule has 3 rings (SSSR count). The monoisotopic (exact) mass is 363 g/mol. The van der Waals surface area contributed by atoms with Crippen LogP contribution in [0.5, 0.6) is 0 Å². The SMILES string of the molecule is O=C(CN1CCN(Cc2ccc(F)cc2F)C(=O)C1)NCc1ccco1. The fourth-order valence-electron chi connectivity index (χ4n) is 2.77. The van der Waals surface area contributed by atoms with Gasteiger partial charge in [0.25, 0.3) is 0 Å². The summed E-state index contributed by atoms with van der Waals surface area (Å²) in [7, 11) is 0. The largest absolute Gasteiger partial charge is 0.467 e. The Labute approximate surface area is 149 Å². The number of nitrogens with zero attached hydrogens (tertiary/aromatic N) is 2. The molecule has 0 spiro atoms. The number of carbonyl (C=O) groups is 2. The summed E-state index contributed by atoms with van der Waals surface area (Å²) < 4.78 is 31.8. The Hall–Kier alpha value is -2.74. The molecule has 1 fully saturated rings. The lowest BCUT2D eigenvalue weighted by molar-refractivity contribution is -0.137. The molecule has 1 saturated heterocycles. The van der Waals surface area contributed by atoms with Crippen LogP contribution in [0, 0.1) is 11.6 Å². The zero-order valence-corrected chi connectivity index (χ0v) is 14.1. The molecule has 0 unspecified atom stereocenters. The molecule has 0 saturated carbocycles. The molecule has 1 aromatic heterocycles. The van der Waals surface area contributed by atoms with Crippen LogP contribution in [-0.4, -0.2) is 47.8 Å². The first-order chi connectivity index (χ1) is 12.5. The van der Waals surface area contributed by atoms with Crippen molar-refractivity contribution in [2.75, 3.05) is 26.2 Å². The van der Waals surface area contributed by atoms with E-state index in [1.165, 1.54) is 23.3 Å². The molecule has 0 bridgehead atoms. The zero-order chi connectivity index (χ0) is 18.5. The second-order valence-corrected chi connectivity index (χ2v) is 6.12. The van der Waals surface area contributed by atoms with Gasteiger partial charge in [-0.25, -0.2) is 8.78 Å². The topological polar surface area (TPSA) is 65.8 Å². The van der Waals surface area contributed by atoms with Crippen molar-refractivity contribution < 1.29 is 22.8 Å². The predicted molar refractivity (Wildman–Crippen MR) is 88.8 cm³/mol. The highest BCUT2D eigenvalue weighted by Crippen LogP contribution is 2.14. The normalized spacial score (nSPS) is 15.3. The highest BCUT2D eigenvalue weighted by molar-refractivity contribution is 5.81. The van der Waals surface area contributed by atoms with E-state index in [1.54, 1.807) is 17.0 Å². The molecule has 2 heterocycles. The lowest BCUT2D eigenvalue weighted by atomic mass is 10.1. The van der Waals surface area contributed by atoms with Crippen molar-refractivity contribution in [1.82, 2.24) is 15.1 Å². The number of hydrogen-bond acceptors (Lipinski definition) is 4. The van der Waals surface area contributed by atoms with Crippen molar-refractivity contribution >= 4 is 11.8 Å². The van der Waals surface area contributed by atoms with E-state index in [-0.39, 0.29) is 37.0 Å². The Kier molecular flexibility index (Phi) is 5.62. The van der Waals surface area contributed by atoms with Crippen LogP contribution in [0.1, 0.15) is 11.3 Å². The van der Waals surface area contributed by atoms with Gasteiger partial charge in [0.05, 0.1) is 25.9 Å². The van der Waals surface area contributed by atoms with Gasteiger partial charge >= 0.3 is 0 Å². The first-order valence-corrected chi connectivity index (χ1v) is 8.24. The molecule has 1 aliphatic heterocycles. The minimum absolute atomic E-state index is 0.0803. The fraction of sp³-hybridized carbons (Fsp3) is 0.333. The number of carbonyl (C=O) groups excluding carboxylic acids is 2. The van der Waals surface area contributed by atoms with Crippen molar-refractivity contribution in [3.05, 3.63) is 59.6 Å². The molecule has 6 nitrogen and oxygen atoms in total. The quantitative estimate of drug-likeness (QED) is 0.845. The van der Waals surface area contributed by atoms with Gasteiger partial charge in [-0.15, -0.1) is 0 Å². The molecule has 26 heavy (non-hydrogen) atoms. The first-order valence-electron chi connectivity index (χ1n) is 8.24. The number of benzene rings is 1. The minimum Gasteiger partial charge on any atom is -0.467 e. The van der Waals surface area contributed by atoms with E-state index in [2.05, 4.69) is 5.32 Å². The summed E-state index contributed by atoms with van der Waals surface area (Å²) in [4.78, 5) is 27.5. The van der Waals surface area contributed by atoms with E-state index in [0.717, 1.165) is 6.07 Å². The van der Waals surface area contributed by atoms with E-state index < -0.39 is 11.6 Å². The van der Waals surface area contributed by atoms with Crippen LogP contribution < -0.4 is 5.32 Å². The molecule has 1 aliphatic rings. The highest BCUT2D eigenvalue weighted by Gasteiger charge is 2.25. The number of nitrogens with one attached hydrogen (secondary N) is 1. The molecule has 0 atom stereocenters. The Morgan fingerprint density at radius 1 is 1.23 bits per heavy atom. The Balaban J connectivity index is 1.47. The first kappa shape index (κ1) is 18.1. The Bertz CT molecular complexity index is 780. The second kappa shape index (κ2) is 8.09. The van der Waals surface area contributed by atoms with Crippen LogP contribution in [0.4, 0.5) is 8.78 Å². The number of hydrogen-bond donors (Lipinski definition) is 1. The summed E-state index contributed by atoms with van der Waals surface area (Å²) in [6.45, 7) is 1.44. The van der Waals surface area contributed by atoms with Crippen LogP contribution in [0.2, 0.25) is 0 Å². The van der Waals surface area contributed by atoms with Crippen LogP contribution in [0.15, 0.2) is 41.0 Å². The smallest absolute Gasteiger partial charge is 0.237 e. The van der Waals surface area contributed by atoms with Crippen molar-refractivity contribution in [2.24, 2.45) is 0 Å². The Morgan fingerprint density at radius 3 is 2.77 bits per heavy atom. The number of furan rings is 1. The van der Waals surface area contributed by atoms with Gasteiger partial charge in [-0.2, -0.15) is 0 Å². The van der Waals surface area contributed by atoms with Crippen LogP contribution in [-0.2, 0) is 22.7 Å². The highest BCUT2D eigenvalue weighted by atomic mass is 19.1. The maximum Gasteiger partial charge on any atom is 0.237 e. The standard InChI is InChI=1S/C18H19F2N3O3/c19-14-4-3-13(16(20)8-14)10-23-6-5-22(12-18(23)25)11-17(24)21-9-15-2-1-7-26-15/h1-4,7-8H,5-6,9-12H2,(H,21,24). The molecular weight excluding hydrogens is 344 g/mol. The maximum atomic E-state index is 13.7. The van der Waals surface area contributed by atoms with Gasteiger partial charge in [0, 0.05) is 31.3 Å². The van der Waals surface area contributed by atoms with Crippen LogP contribution >= 0.6 is 0 Å². The zero-order valence-electron chi connectivity index (χ0n) is 14.1. The van der Waals surface area contributed by atoms with Crippen molar-refractivity contribution in [2.45, 2.75) is 13.1 Å². The molecule has 8 heteroatoms.